The Balaban J connectivity index is 2.08. The number of aliphatic hydroxyl groups is 2. The molecule has 0 saturated carbocycles. The van der Waals surface area contributed by atoms with Crippen LogP contribution >= 0.6 is 0 Å². The molecular formula is C16H23N3O2. The van der Waals surface area contributed by atoms with Gasteiger partial charge in [0.25, 0.3) is 0 Å². The number of hydrogen-bond acceptors (Lipinski definition) is 4. The minimum absolute atomic E-state index is 0.0305. The van der Waals surface area contributed by atoms with Gasteiger partial charge in [-0.05, 0) is 39.0 Å². The Morgan fingerprint density at radius 1 is 1.19 bits per heavy atom. The summed E-state index contributed by atoms with van der Waals surface area (Å²) in [6.07, 6.45) is 1.07. The summed E-state index contributed by atoms with van der Waals surface area (Å²) in [5.41, 5.74) is 3.03. The maximum Gasteiger partial charge on any atom is 0.136 e. The smallest absolute Gasteiger partial charge is 0.136 e. The van der Waals surface area contributed by atoms with Crippen molar-refractivity contribution in [3.8, 4) is 5.82 Å². The molecule has 2 rings (SSSR count). The molecule has 2 atom stereocenters. The molecule has 2 aromatic rings. The Hall–Kier alpha value is -1.69. The van der Waals surface area contributed by atoms with Crippen LogP contribution in [0.15, 0.2) is 30.5 Å². The van der Waals surface area contributed by atoms with E-state index in [1.54, 1.807) is 6.20 Å². The molecule has 0 aliphatic heterocycles. The lowest BCUT2D eigenvalue weighted by Gasteiger charge is -2.16. The molecule has 2 aromatic heterocycles. The second kappa shape index (κ2) is 6.85. The van der Waals surface area contributed by atoms with Crippen molar-refractivity contribution in [3.05, 3.63) is 47.4 Å². The fourth-order valence-corrected chi connectivity index (χ4v) is 2.25. The number of hydrogen-bond donors (Lipinski definition) is 3. The summed E-state index contributed by atoms with van der Waals surface area (Å²) in [4.78, 5) is 4.44. The van der Waals surface area contributed by atoms with Gasteiger partial charge in [0, 0.05) is 35.7 Å². The fourth-order valence-electron chi connectivity index (χ4n) is 2.25. The average Bonchev–Trinajstić information content (AvgIpc) is 2.83. The van der Waals surface area contributed by atoms with Gasteiger partial charge in [0.05, 0.1) is 12.7 Å². The van der Waals surface area contributed by atoms with Crippen molar-refractivity contribution >= 4 is 0 Å². The number of nitrogens with zero attached hydrogens (tertiary/aromatic N) is 2. The molecular weight excluding hydrogens is 266 g/mol. The topological polar surface area (TPSA) is 70.3 Å². The standard InChI is InChI=1S/C16H23N3O2/c1-11(10-20)17-9-15(21)14-6-7-16(18-8-14)19-12(2)4-5-13(19)3/h4-8,11,15,17,20-21H,9-10H2,1-3H3/t11-,15?/m0/s1. The van der Waals surface area contributed by atoms with Crippen LogP contribution in [0.1, 0.15) is 30.0 Å². The largest absolute Gasteiger partial charge is 0.395 e. The molecule has 0 bridgehead atoms. The molecule has 0 aromatic carbocycles. The first-order chi connectivity index (χ1) is 10.0. The predicted octanol–water partition coefficient (Wildman–Crippen LogP) is 1.49. The number of aromatic nitrogens is 2. The van der Waals surface area contributed by atoms with Crippen LogP contribution in [-0.4, -0.2) is 39.0 Å². The monoisotopic (exact) mass is 289 g/mol. The third kappa shape index (κ3) is 3.69. The number of pyridine rings is 1. The third-order valence-electron chi connectivity index (χ3n) is 3.59. The van der Waals surface area contributed by atoms with E-state index < -0.39 is 6.10 Å². The van der Waals surface area contributed by atoms with Crippen LogP contribution < -0.4 is 5.32 Å². The quantitative estimate of drug-likeness (QED) is 0.753. The molecule has 2 heterocycles. The van der Waals surface area contributed by atoms with Crippen molar-refractivity contribution in [1.29, 1.82) is 0 Å². The van der Waals surface area contributed by atoms with Crippen LogP contribution in [0.25, 0.3) is 5.82 Å². The summed E-state index contributed by atoms with van der Waals surface area (Å²) in [6, 6.07) is 7.88. The van der Waals surface area contributed by atoms with Crippen molar-refractivity contribution < 1.29 is 10.2 Å². The first-order valence-electron chi connectivity index (χ1n) is 7.16. The first-order valence-corrected chi connectivity index (χ1v) is 7.16. The summed E-state index contributed by atoms with van der Waals surface area (Å²) in [5, 5.41) is 22.1. The molecule has 3 N–H and O–H groups in total. The van der Waals surface area contributed by atoms with Gasteiger partial charge in [-0.25, -0.2) is 4.98 Å². The van der Waals surface area contributed by atoms with Crippen molar-refractivity contribution in [2.75, 3.05) is 13.2 Å². The van der Waals surface area contributed by atoms with Crippen LogP contribution in [0.5, 0.6) is 0 Å². The lowest BCUT2D eigenvalue weighted by molar-refractivity contribution is 0.161. The molecule has 5 heteroatoms. The lowest BCUT2D eigenvalue weighted by Crippen LogP contribution is -2.32. The van der Waals surface area contributed by atoms with Crippen LogP contribution in [0.3, 0.4) is 0 Å². The van der Waals surface area contributed by atoms with Crippen molar-refractivity contribution in [2.24, 2.45) is 0 Å². The highest BCUT2D eigenvalue weighted by Gasteiger charge is 2.11. The van der Waals surface area contributed by atoms with Gasteiger partial charge in [-0.3, -0.25) is 0 Å². The van der Waals surface area contributed by atoms with E-state index in [0.29, 0.717) is 6.54 Å². The predicted molar refractivity (Wildman–Crippen MR) is 82.5 cm³/mol. The minimum atomic E-state index is -0.632. The Morgan fingerprint density at radius 3 is 2.38 bits per heavy atom. The SMILES string of the molecule is Cc1ccc(C)n1-c1ccc(C(O)CN[C@@H](C)CO)cn1. The normalized spacial score (nSPS) is 14.1. The van der Waals surface area contributed by atoms with Crippen LogP contribution in [-0.2, 0) is 0 Å². The van der Waals surface area contributed by atoms with Crippen LogP contribution in [0, 0.1) is 13.8 Å². The van der Waals surface area contributed by atoms with Crippen LogP contribution in [0.2, 0.25) is 0 Å². The number of aliphatic hydroxyl groups excluding tert-OH is 2. The molecule has 21 heavy (non-hydrogen) atoms. The maximum atomic E-state index is 10.1. The number of rotatable bonds is 6. The lowest BCUT2D eigenvalue weighted by atomic mass is 10.1. The van der Waals surface area contributed by atoms with Gasteiger partial charge in [0.15, 0.2) is 0 Å². The third-order valence-corrected chi connectivity index (χ3v) is 3.59. The van der Waals surface area contributed by atoms with E-state index in [9.17, 15) is 5.11 Å². The molecule has 0 aliphatic rings. The Bertz CT molecular complexity index is 558. The van der Waals surface area contributed by atoms with Crippen molar-refractivity contribution in [2.45, 2.75) is 32.9 Å². The Labute approximate surface area is 125 Å². The Morgan fingerprint density at radius 2 is 1.86 bits per heavy atom. The fraction of sp³-hybridized carbons (Fsp3) is 0.438. The van der Waals surface area contributed by atoms with Gasteiger partial charge in [-0.2, -0.15) is 0 Å². The highest BCUT2D eigenvalue weighted by atomic mass is 16.3. The average molecular weight is 289 g/mol. The summed E-state index contributed by atoms with van der Waals surface area (Å²) in [6.45, 7) is 6.39. The van der Waals surface area contributed by atoms with Gasteiger partial charge in [-0.1, -0.05) is 6.07 Å². The zero-order chi connectivity index (χ0) is 15.4. The van der Waals surface area contributed by atoms with E-state index in [2.05, 4.69) is 27.0 Å². The molecule has 5 nitrogen and oxygen atoms in total. The van der Waals surface area contributed by atoms with Crippen LogP contribution in [0.4, 0.5) is 0 Å². The minimum Gasteiger partial charge on any atom is -0.395 e. The molecule has 0 spiro atoms. The molecule has 0 fully saturated rings. The summed E-state index contributed by atoms with van der Waals surface area (Å²) in [5.74, 6) is 0.850. The van der Waals surface area contributed by atoms with Gasteiger partial charge in [-0.15, -0.1) is 0 Å². The number of nitrogens with one attached hydrogen (secondary N) is 1. The summed E-state index contributed by atoms with van der Waals surface area (Å²) in [7, 11) is 0. The van der Waals surface area contributed by atoms with Crippen molar-refractivity contribution in [3.63, 3.8) is 0 Å². The second-order valence-corrected chi connectivity index (χ2v) is 5.41. The Kier molecular flexibility index (Phi) is 5.12. The molecule has 0 amide bonds. The molecule has 114 valence electrons. The molecule has 0 aliphatic carbocycles. The van der Waals surface area contributed by atoms with Gasteiger partial charge < -0.3 is 20.1 Å². The highest BCUT2D eigenvalue weighted by Crippen LogP contribution is 2.17. The van der Waals surface area contributed by atoms with E-state index in [1.165, 1.54) is 0 Å². The second-order valence-electron chi connectivity index (χ2n) is 5.41. The van der Waals surface area contributed by atoms with E-state index in [1.807, 2.05) is 32.9 Å². The summed E-state index contributed by atoms with van der Waals surface area (Å²) < 4.78 is 2.07. The summed E-state index contributed by atoms with van der Waals surface area (Å²) >= 11 is 0. The van der Waals surface area contributed by atoms with E-state index >= 15 is 0 Å². The van der Waals surface area contributed by atoms with E-state index in [4.69, 9.17) is 5.11 Å². The zero-order valence-electron chi connectivity index (χ0n) is 12.7. The van der Waals surface area contributed by atoms with Gasteiger partial charge in [0.1, 0.15) is 5.82 Å². The highest BCUT2D eigenvalue weighted by molar-refractivity contribution is 5.33. The zero-order valence-corrected chi connectivity index (χ0v) is 12.7. The van der Waals surface area contributed by atoms with E-state index in [-0.39, 0.29) is 12.6 Å². The first kappa shape index (κ1) is 15.7. The van der Waals surface area contributed by atoms with Crippen molar-refractivity contribution in [1.82, 2.24) is 14.9 Å². The van der Waals surface area contributed by atoms with Gasteiger partial charge >= 0.3 is 0 Å². The molecule has 0 saturated heterocycles. The maximum absolute atomic E-state index is 10.1. The molecule has 1 unspecified atom stereocenters. The van der Waals surface area contributed by atoms with E-state index in [0.717, 1.165) is 22.8 Å². The molecule has 0 radical (unpaired) electrons. The van der Waals surface area contributed by atoms with Gasteiger partial charge in [0.2, 0.25) is 0 Å². The number of aryl methyl sites for hydroxylation is 2.